The Morgan fingerprint density at radius 1 is 1.21 bits per heavy atom. The van der Waals surface area contributed by atoms with Gasteiger partial charge < -0.3 is 20.1 Å². The Hall–Kier alpha value is -2.48. The summed E-state index contributed by atoms with van der Waals surface area (Å²) in [6.45, 7) is 3.16. The highest BCUT2D eigenvalue weighted by atomic mass is 16.5. The Labute approximate surface area is 138 Å². The molecule has 2 fully saturated rings. The predicted molar refractivity (Wildman–Crippen MR) is 82.6 cm³/mol. The van der Waals surface area contributed by atoms with E-state index in [1.54, 1.807) is 6.92 Å². The molecule has 1 aliphatic heterocycles. The van der Waals surface area contributed by atoms with Crippen molar-refractivity contribution < 1.29 is 23.9 Å². The fraction of sp³-hybridized carbons (Fsp3) is 0.500. The van der Waals surface area contributed by atoms with Gasteiger partial charge in [0.05, 0.1) is 19.8 Å². The highest BCUT2D eigenvalue weighted by Crippen LogP contribution is 2.44. The van der Waals surface area contributed by atoms with E-state index in [4.69, 9.17) is 9.47 Å². The van der Waals surface area contributed by atoms with Crippen molar-refractivity contribution in [3.63, 3.8) is 0 Å². The molecule has 1 aliphatic carbocycles. The number of nitrogens with one attached hydrogen (secondary N) is 2. The molecule has 2 amide bonds. The van der Waals surface area contributed by atoms with Gasteiger partial charge in [-0.05, 0) is 19.1 Å². The number of hydrogen-bond donors (Lipinski definition) is 2. The lowest BCUT2D eigenvalue weighted by atomic mass is 10.1. The Kier molecular flexibility index (Phi) is 4.48. The quantitative estimate of drug-likeness (QED) is 0.734. The maximum absolute atomic E-state index is 12.5. The lowest BCUT2D eigenvalue weighted by Crippen LogP contribution is -2.31. The van der Waals surface area contributed by atoms with Gasteiger partial charge >= 0.3 is 5.97 Å². The van der Waals surface area contributed by atoms with Crippen LogP contribution in [0.1, 0.15) is 38.3 Å². The van der Waals surface area contributed by atoms with Gasteiger partial charge in [0.1, 0.15) is 11.4 Å². The number of carbonyl (C=O) groups excluding carboxylic acids is 3. The Morgan fingerprint density at radius 2 is 1.88 bits per heavy atom. The van der Waals surface area contributed by atoms with Gasteiger partial charge in [-0.1, -0.05) is 0 Å². The van der Waals surface area contributed by atoms with Gasteiger partial charge in [-0.2, -0.15) is 0 Å². The third kappa shape index (κ3) is 3.09. The van der Waals surface area contributed by atoms with Gasteiger partial charge in [-0.3, -0.25) is 9.59 Å². The molecule has 0 bridgehead atoms. The van der Waals surface area contributed by atoms with Crippen molar-refractivity contribution in [2.75, 3.05) is 26.9 Å². The van der Waals surface area contributed by atoms with Crippen molar-refractivity contribution >= 4 is 17.8 Å². The number of esters is 1. The highest BCUT2D eigenvalue weighted by Gasteiger charge is 2.54. The number of carbonyl (C=O) groups is 3. The molecule has 1 saturated heterocycles. The second-order valence-electron chi connectivity index (χ2n) is 5.79. The number of pyridine rings is 1. The molecule has 2 aliphatic rings. The largest absolute Gasteiger partial charge is 0.461 e. The molecule has 2 N–H and O–H groups in total. The molecule has 24 heavy (non-hydrogen) atoms. The van der Waals surface area contributed by atoms with Crippen molar-refractivity contribution in [1.29, 1.82) is 0 Å². The van der Waals surface area contributed by atoms with Gasteiger partial charge in [-0.15, -0.1) is 0 Å². The zero-order chi connectivity index (χ0) is 17.3. The van der Waals surface area contributed by atoms with Crippen LogP contribution in [-0.4, -0.2) is 55.7 Å². The number of amides is 2. The van der Waals surface area contributed by atoms with Crippen LogP contribution in [0.15, 0.2) is 12.1 Å². The topological polar surface area (TPSA) is 107 Å². The van der Waals surface area contributed by atoms with Crippen molar-refractivity contribution in [1.82, 2.24) is 15.6 Å². The van der Waals surface area contributed by atoms with Crippen LogP contribution in [0.25, 0.3) is 0 Å². The monoisotopic (exact) mass is 333 g/mol. The second kappa shape index (κ2) is 6.56. The fourth-order valence-corrected chi connectivity index (χ4v) is 2.90. The zero-order valence-corrected chi connectivity index (χ0v) is 13.5. The molecule has 0 unspecified atom stereocenters. The lowest BCUT2D eigenvalue weighted by Gasteiger charge is -2.10. The molecule has 2 heterocycles. The van der Waals surface area contributed by atoms with Crippen LogP contribution in [0, 0.1) is 11.8 Å². The SMILES string of the molecule is CCOC(=O)c1cc(C(=O)N[C@H]2[C@@H]3COC[C@@H]32)cc(C(=O)NC)n1. The molecular formula is C16H19N3O5. The number of fused-ring (bicyclic) bond motifs is 1. The average Bonchev–Trinajstić information content (AvgIpc) is 3.01. The van der Waals surface area contributed by atoms with E-state index in [2.05, 4.69) is 15.6 Å². The first-order valence-corrected chi connectivity index (χ1v) is 7.85. The third-order valence-electron chi connectivity index (χ3n) is 4.28. The number of ether oxygens (including phenoxy) is 2. The molecule has 1 aromatic rings. The molecule has 0 spiro atoms. The van der Waals surface area contributed by atoms with Crippen LogP contribution < -0.4 is 10.6 Å². The van der Waals surface area contributed by atoms with E-state index in [1.807, 2.05) is 0 Å². The van der Waals surface area contributed by atoms with Crippen molar-refractivity contribution in [2.24, 2.45) is 11.8 Å². The number of nitrogens with zero attached hydrogens (tertiary/aromatic N) is 1. The zero-order valence-electron chi connectivity index (χ0n) is 13.5. The van der Waals surface area contributed by atoms with Crippen LogP contribution in [0.2, 0.25) is 0 Å². The van der Waals surface area contributed by atoms with Gasteiger partial charge in [0, 0.05) is 30.5 Å². The van der Waals surface area contributed by atoms with Crippen LogP contribution in [0.5, 0.6) is 0 Å². The summed E-state index contributed by atoms with van der Waals surface area (Å²) < 4.78 is 10.2. The molecule has 0 aromatic carbocycles. The van der Waals surface area contributed by atoms with E-state index in [-0.39, 0.29) is 35.5 Å². The summed E-state index contributed by atoms with van der Waals surface area (Å²) in [5.41, 5.74) is 0.132. The Morgan fingerprint density at radius 3 is 2.50 bits per heavy atom. The average molecular weight is 333 g/mol. The van der Waals surface area contributed by atoms with Crippen LogP contribution in [0.4, 0.5) is 0 Å². The third-order valence-corrected chi connectivity index (χ3v) is 4.28. The molecule has 3 rings (SSSR count). The standard InChI is InChI=1S/C16H19N3O5/c1-3-24-16(22)12-5-8(4-11(18-12)15(21)17-2)14(20)19-13-9-6-23-7-10(9)13/h4-5,9-10,13H,3,6-7H2,1-2H3,(H,17,21)(H,19,20)/t9-,10+,13+. The summed E-state index contributed by atoms with van der Waals surface area (Å²) in [4.78, 5) is 40.2. The van der Waals surface area contributed by atoms with Crippen LogP contribution in [0.3, 0.4) is 0 Å². The highest BCUT2D eigenvalue weighted by molar-refractivity contribution is 6.01. The van der Waals surface area contributed by atoms with Crippen LogP contribution >= 0.6 is 0 Å². The maximum atomic E-state index is 12.5. The van der Waals surface area contributed by atoms with E-state index >= 15 is 0 Å². The number of hydrogen-bond acceptors (Lipinski definition) is 6. The second-order valence-corrected chi connectivity index (χ2v) is 5.79. The summed E-state index contributed by atoms with van der Waals surface area (Å²) in [6, 6.07) is 2.80. The molecule has 3 atom stereocenters. The normalized spacial score (nSPS) is 24.0. The lowest BCUT2D eigenvalue weighted by molar-refractivity contribution is 0.0519. The number of aromatic nitrogens is 1. The fourth-order valence-electron chi connectivity index (χ4n) is 2.90. The van der Waals surface area contributed by atoms with E-state index in [1.165, 1.54) is 19.2 Å². The van der Waals surface area contributed by atoms with Crippen molar-refractivity contribution in [3.05, 3.63) is 29.1 Å². The predicted octanol–water partition coefficient (Wildman–Crippen LogP) is -0.00750. The van der Waals surface area contributed by atoms with Crippen molar-refractivity contribution in [3.8, 4) is 0 Å². The van der Waals surface area contributed by atoms with E-state index in [0.717, 1.165) is 0 Å². The first kappa shape index (κ1) is 16.4. The summed E-state index contributed by atoms with van der Waals surface area (Å²) in [5, 5.41) is 5.35. The molecule has 8 nitrogen and oxygen atoms in total. The first-order chi connectivity index (χ1) is 11.5. The Bertz CT molecular complexity index is 680. The van der Waals surface area contributed by atoms with Gasteiger partial charge in [-0.25, -0.2) is 9.78 Å². The molecule has 1 saturated carbocycles. The minimum Gasteiger partial charge on any atom is -0.461 e. The van der Waals surface area contributed by atoms with Gasteiger partial charge in [0.25, 0.3) is 11.8 Å². The summed E-state index contributed by atoms with van der Waals surface area (Å²) in [6.07, 6.45) is 0. The van der Waals surface area contributed by atoms with E-state index in [0.29, 0.717) is 25.0 Å². The maximum Gasteiger partial charge on any atom is 0.356 e. The molecule has 8 heteroatoms. The van der Waals surface area contributed by atoms with Gasteiger partial charge in [0.15, 0.2) is 0 Å². The molecule has 1 aromatic heterocycles. The van der Waals surface area contributed by atoms with Crippen molar-refractivity contribution in [2.45, 2.75) is 13.0 Å². The molecule has 0 radical (unpaired) electrons. The molecular weight excluding hydrogens is 314 g/mol. The minimum atomic E-state index is -0.672. The Balaban J connectivity index is 1.82. The summed E-state index contributed by atoms with van der Waals surface area (Å²) in [7, 11) is 1.45. The van der Waals surface area contributed by atoms with Gasteiger partial charge in [0.2, 0.25) is 0 Å². The summed E-state index contributed by atoms with van der Waals surface area (Å²) in [5.74, 6) is -0.772. The smallest absolute Gasteiger partial charge is 0.356 e. The number of rotatable bonds is 5. The van der Waals surface area contributed by atoms with E-state index in [9.17, 15) is 14.4 Å². The van der Waals surface area contributed by atoms with E-state index < -0.39 is 11.9 Å². The van der Waals surface area contributed by atoms with Crippen LogP contribution in [-0.2, 0) is 9.47 Å². The summed E-state index contributed by atoms with van der Waals surface area (Å²) >= 11 is 0. The molecule has 128 valence electrons. The first-order valence-electron chi connectivity index (χ1n) is 7.85. The minimum absolute atomic E-state index is 0.00692.